The molecule has 2 aromatic carbocycles. The maximum atomic E-state index is 14.0. The van der Waals surface area contributed by atoms with Crippen molar-refractivity contribution in [2.75, 3.05) is 11.4 Å². The number of halogens is 1. The molecule has 0 amide bonds. The van der Waals surface area contributed by atoms with Gasteiger partial charge in [0.2, 0.25) is 0 Å². The summed E-state index contributed by atoms with van der Waals surface area (Å²) in [7, 11) is 0. The Hall–Kier alpha value is -3.02. The summed E-state index contributed by atoms with van der Waals surface area (Å²) in [6.07, 6.45) is 0.678. The average molecular weight is 333 g/mol. The van der Waals surface area contributed by atoms with Crippen molar-refractivity contribution in [1.82, 2.24) is 19.8 Å². The zero-order chi connectivity index (χ0) is 17.0. The number of nitrogens with zero attached hydrogens (tertiary/aromatic N) is 5. The van der Waals surface area contributed by atoms with Gasteiger partial charge in [0.1, 0.15) is 5.82 Å². The van der Waals surface area contributed by atoms with E-state index in [-0.39, 0.29) is 5.82 Å². The number of aryl methyl sites for hydroxylation is 1. The summed E-state index contributed by atoms with van der Waals surface area (Å²) in [5, 5.41) is 15.3. The first kappa shape index (κ1) is 14.3. The van der Waals surface area contributed by atoms with Crippen LogP contribution in [-0.4, -0.2) is 26.4 Å². The number of hydrogen-bond acceptors (Lipinski definition) is 4. The summed E-state index contributed by atoms with van der Waals surface area (Å²) in [6, 6.07) is 13.4. The molecule has 4 aromatic rings. The number of hydrogen-bond donors (Lipinski definition) is 0. The Bertz CT molecular complexity index is 1120. The molecule has 5 nitrogen and oxygen atoms in total. The van der Waals surface area contributed by atoms with Gasteiger partial charge >= 0.3 is 0 Å². The van der Waals surface area contributed by atoms with Crippen LogP contribution in [0, 0.1) is 12.7 Å². The Morgan fingerprint density at radius 3 is 2.72 bits per heavy atom. The van der Waals surface area contributed by atoms with Crippen LogP contribution in [0.1, 0.15) is 17.0 Å². The molecule has 0 saturated heterocycles. The summed E-state index contributed by atoms with van der Waals surface area (Å²) < 4.78 is 15.8. The molecule has 2 aromatic heterocycles. The third-order valence-electron chi connectivity index (χ3n) is 4.91. The van der Waals surface area contributed by atoms with E-state index in [9.17, 15) is 4.39 Å². The molecule has 0 radical (unpaired) electrons. The first-order valence-corrected chi connectivity index (χ1v) is 8.34. The van der Waals surface area contributed by atoms with Crippen LogP contribution in [-0.2, 0) is 13.0 Å². The van der Waals surface area contributed by atoms with Gasteiger partial charge < -0.3 is 4.90 Å². The van der Waals surface area contributed by atoms with E-state index >= 15 is 0 Å². The van der Waals surface area contributed by atoms with E-state index in [1.54, 1.807) is 10.6 Å². The Morgan fingerprint density at radius 1 is 1.00 bits per heavy atom. The van der Waals surface area contributed by atoms with E-state index in [1.807, 2.05) is 31.2 Å². The third-order valence-corrected chi connectivity index (χ3v) is 4.91. The fourth-order valence-corrected chi connectivity index (χ4v) is 3.64. The van der Waals surface area contributed by atoms with Crippen molar-refractivity contribution in [3.8, 4) is 0 Å². The lowest BCUT2D eigenvalue weighted by Gasteiger charge is -2.30. The predicted molar refractivity (Wildman–Crippen MR) is 94.2 cm³/mol. The first-order chi connectivity index (χ1) is 12.2. The summed E-state index contributed by atoms with van der Waals surface area (Å²) in [4.78, 5) is 2.21. The Kier molecular flexibility index (Phi) is 3.00. The summed E-state index contributed by atoms with van der Waals surface area (Å²) in [6.45, 7) is 3.28. The van der Waals surface area contributed by atoms with E-state index in [0.29, 0.717) is 13.0 Å². The van der Waals surface area contributed by atoms with Gasteiger partial charge in [-0.1, -0.05) is 36.4 Å². The van der Waals surface area contributed by atoms with Crippen LogP contribution >= 0.6 is 0 Å². The second kappa shape index (κ2) is 5.24. The summed E-state index contributed by atoms with van der Waals surface area (Å²) in [5.74, 6) is 1.53. The highest BCUT2D eigenvalue weighted by Gasteiger charge is 2.23. The maximum Gasteiger partial charge on any atom is 0.185 e. The van der Waals surface area contributed by atoms with Gasteiger partial charge in [0, 0.05) is 23.9 Å². The molecule has 6 heteroatoms. The van der Waals surface area contributed by atoms with Gasteiger partial charge in [0.25, 0.3) is 0 Å². The van der Waals surface area contributed by atoms with E-state index in [4.69, 9.17) is 5.10 Å². The Balaban J connectivity index is 1.71. The van der Waals surface area contributed by atoms with Gasteiger partial charge in [0.05, 0.1) is 0 Å². The molecular weight excluding hydrogens is 317 g/mol. The molecule has 0 saturated carbocycles. The average Bonchev–Trinajstić information content (AvgIpc) is 3.02. The third kappa shape index (κ3) is 2.10. The van der Waals surface area contributed by atoms with Crippen molar-refractivity contribution in [2.45, 2.75) is 19.9 Å². The van der Waals surface area contributed by atoms with Gasteiger partial charge in [0.15, 0.2) is 17.3 Å². The van der Waals surface area contributed by atoms with Gasteiger partial charge in [-0.15, -0.1) is 15.3 Å². The summed E-state index contributed by atoms with van der Waals surface area (Å²) in [5.41, 5.74) is 2.61. The molecule has 1 aliphatic rings. The highest BCUT2D eigenvalue weighted by molar-refractivity contribution is 6.00. The van der Waals surface area contributed by atoms with Crippen molar-refractivity contribution < 1.29 is 4.39 Å². The molecule has 0 aliphatic carbocycles. The van der Waals surface area contributed by atoms with Gasteiger partial charge in [-0.3, -0.25) is 0 Å². The van der Waals surface area contributed by atoms with Crippen molar-refractivity contribution in [3.05, 3.63) is 65.2 Å². The Morgan fingerprint density at radius 2 is 1.84 bits per heavy atom. The fourth-order valence-electron chi connectivity index (χ4n) is 3.64. The van der Waals surface area contributed by atoms with Crippen LogP contribution < -0.4 is 4.90 Å². The zero-order valence-electron chi connectivity index (χ0n) is 13.8. The smallest absolute Gasteiger partial charge is 0.185 e. The molecule has 25 heavy (non-hydrogen) atoms. The number of aromatic nitrogens is 4. The maximum absolute atomic E-state index is 14.0. The van der Waals surface area contributed by atoms with Gasteiger partial charge in [-0.25, -0.2) is 4.39 Å². The minimum absolute atomic E-state index is 0.111. The molecule has 124 valence electrons. The molecule has 0 atom stereocenters. The standard InChI is InChI=1S/C19H16FN5/c1-12-21-22-18-15-6-2-3-7-16(15)19(23-25(12)18)24-10-9-14-13(11-24)5-4-8-17(14)20/h2-8H,9-11H2,1H3. The molecule has 0 unspecified atom stereocenters. The van der Waals surface area contributed by atoms with Crippen LogP contribution in [0.4, 0.5) is 10.2 Å². The van der Waals surface area contributed by atoms with Gasteiger partial charge in [-0.2, -0.15) is 4.52 Å². The van der Waals surface area contributed by atoms with E-state index in [1.165, 1.54) is 6.07 Å². The molecular formula is C19H16FN5. The molecule has 3 heterocycles. The molecule has 0 fully saturated rings. The molecule has 0 spiro atoms. The van der Waals surface area contributed by atoms with Crippen LogP contribution in [0.3, 0.4) is 0 Å². The van der Waals surface area contributed by atoms with Crippen LogP contribution in [0.15, 0.2) is 42.5 Å². The van der Waals surface area contributed by atoms with Crippen molar-refractivity contribution >= 4 is 22.2 Å². The monoisotopic (exact) mass is 333 g/mol. The lowest BCUT2D eigenvalue weighted by Crippen LogP contribution is -2.32. The number of fused-ring (bicyclic) bond motifs is 4. The predicted octanol–water partition coefficient (Wildman–Crippen LogP) is 3.29. The minimum Gasteiger partial charge on any atom is -0.350 e. The van der Waals surface area contributed by atoms with Gasteiger partial charge in [-0.05, 0) is 30.5 Å². The van der Waals surface area contributed by atoms with Crippen molar-refractivity contribution in [1.29, 1.82) is 0 Å². The topological polar surface area (TPSA) is 46.3 Å². The van der Waals surface area contributed by atoms with E-state index < -0.39 is 0 Å². The highest BCUT2D eigenvalue weighted by Crippen LogP contribution is 2.31. The first-order valence-electron chi connectivity index (χ1n) is 8.34. The van der Waals surface area contributed by atoms with E-state index in [0.717, 1.165) is 45.7 Å². The van der Waals surface area contributed by atoms with Crippen LogP contribution in [0.2, 0.25) is 0 Å². The Labute approximate surface area is 143 Å². The lowest BCUT2D eigenvalue weighted by atomic mass is 9.99. The van der Waals surface area contributed by atoms with E-state index in [2.05, 4.69) is 21.2 Å². The van der Waals surface area contributed by atoms with Crippen LogP contribution in [0.5, 0.6) is 0 Å². The second-order valence-corrected chi connectivity index (χ2v) is 6.40. The minimum atomic E-state index is -0.111. The van der Waals surface area contributed by atoms with Crippen molar-refractivity contribution in [3.63, 3.8) is 0 Å². The largest absolute Gasteiger partial charge is 0.350 e. The molecule has 1 aliphatic heterocycles. The number of benzene rings is 2. The zero-order valence-corrected chi connectivity index (χ0v) is 13.8. The molecule has 0 bridgehead atoms. The number of rotatable bonds is 1. The summed E-state index contributed by atoms with van der Waals surface area (Å²) >= 11 is 0. The number of anilines is 1. The fraction of sp³-hybridized carbons (Fsp3) is 0.211. The van der Waals surface area contributed by atoms with Crippen LogP contribution in [0.25, 0.3) is 16.4 Å². The SMILES string of the molecule is Cc1nnc2c3ccccc3c(N3CCc4c(F)cccc4C3)nn12. The lowest BCUT2D eigenvalue weighted by molar-refractivity contribution is 0.588. The molecule has 5 rings (SSSR count). The quantitative estimate of drug-likeness (QED) is 0.536. The highest BCUT2D eigenvalue weighted by atomic mass is 19.1. The molecule has 0 N–H and O–H groups in total. The second-order valence-electron chi connectivity index (χ2n) is 6.40. The van der Waals surface area contributed by atoms with Crippen molar-refractivity contribution in [2.24, 2.45) is 0 Å². The normalized spacial score (nSPS) is 14.2.